The van der Waals surface area contributed by atoms with Crippen molar-refractivity contribution in [1.82, 2.24) is 10.2 Å². The molecule has 1 aromatic carbocycles. The predicted molar refractivity (Wildman–Crippen MR) is 93.1 cm³/mol. The van der Waals surface area contributed by atoms with E-state index in [0.29, 0.717) is 22.9 Å². The van der Waals surface area contributed by atoms with E-state index in [-0.39, 0.29) is 5.91 Å². The van der Waals surface area contributed by atoms with Crippen LogP contribution in [0.25, 0.3) is 0 Å². The number of benzene rings is 1. The first-order valence-corrected chi connectivity index (χ1v) is 7.74. The molecule has 0 aliphatic carbocycles. The Bertz CT molecular complexity index is 662. The number of aromatic nitrogens is 2. The van der Waals surface area contributed by atoms with Crippen molar-refractivity contribution < 1.29 is 14.3 Å². The van der Waals surface area contributed by atoms with Gasteiger partial charge in [-0.25, -0.2) is 0 Å². The van der Waals surface area contributed by atoms with Crippen LogP contribution in [0.5, 0.6) is 11.5 Å². The number of ether oxygens (including phenoxy) is 2. The van der Waals surface area contributed by atoms with Gasteiger partial charge in [-0.15, -0.1) is 10.2 Å². The van der Waals surface area contributed by atoms with Crippen molar-refractivity contribution in [3.05, 3.63) is 35.9 Å². The molecular formula is C17H22N4O3. The van der Waals surface area contributed by atoms with E-state index in [0.717, 1.165) is 18.9 Å². The average molecular weight is 330 g/mol. The Morgan fingerprint density at radius 2 is 1.67 bits per heavy atom. The fraction of sp³-hybridized carbons (Fsp3) is 0.353. The second kappa shape index (κ2) is 8.14. The van der Waals surface area contributed by atoms with Gasteiger partial charge in [-0.3, -0.25) is 4.79 Å². The molecule has 0 spiro atoms. The Balaban J connectivity index is 2.15. The Morgan fingerprint density at radius 3 is 2.12 bits per heavy atom. The molecule has 1 amide bonds. The number of rotatable bonds is 7. The number of hydrogen-bond donors (Lipinski definition) is 1. The predicted octanol–water partition coefficient (Wildman–Crippen LogP) is 2.59. The lowest BCUT2D eigenvalue weighted by Crippen LogP contribution is -2.23. The molecule has 0 bridgehead atoms. The lowest BCUT2D eigenvalue weighted by atomic mass is 10.2. The van der Waals surface area contributed by atoms with Gasteiger partial charge in [0.1, 0.15) is 11.5 Å². The molecule has 0 fully saturated rings. The van der Waals surface area contributed by atoms with Crippen molar-refractivity contribution in [3.63, 3.8) is 0 Å². The summed E-state index contributed by atoms with van der Waals surface area (Å²) in [5.41, 5.74) is 0.417. The van der Waals surface area contributed by atoms with Crippen LogP contribution in [0.2, 0.25) is 0 Å². The van der Waals surface area contributed by atoms with Crippen molar-refractivity contribution in [2.45, 2.75) is 13.8 Å². The summed E-state index contributed by atoms with van der Waals surface area (Å²) in [6.07, 6.45) is 0. The molecule has 24 heavy (non-hydrogen) atoms. The summed E-state index contributed by atoms with van der Waals surface area (Å²) in [5, 5.41) is 10.9. The largest absolute Gasteiger partial charge is 0.497 e. The Hall–Kier alpha value is -2.83. The van der Waals surface area contributed by atoms with Gasteiger partial charge in [-0.05, 0) is 38.1 Å². The lowest BCUT2D eigenvalue weighted by molar-refractivity contribution is 0.102. The third-order valence-electron chi connectivity index (χ3n) is 3.59. The van der Waals surface area contributed by atoms with Crippen LogP contribution in [0, 0.1) is 0 Å². The van der Waals surface area contributed by atoms with Gasteiger partial charge >= 0.3 is 0 Å². The third-order valence-corrected chi connectivity index (χ3v) is 3.59. The topological polar surface area (TPSA) is 76.6 Å². The standard InChI is InChI=1S/C17H22N4O3/c1-5-21(6-2)16-8-7-15(19-20-16)18-17(22)12-9-13(23-3)11-14(10-12)24-4/h7-11H,5-6H2,1-4H3,(H,18,19,22). The van der Waals surface area contributed by atoms with Crippen molar-refractivity contribution in [1.29, 1.82) is 0 Å². The van der Waals surface area contributed by atoms with Gasteiger partial charge in [-0.2, -0.15) is 0 Å². The van der Waals surface area contributed by atoms with Gasteiger partial charge in [0, 0.05) is 24.7 Å². The maximum Gasteiger partial charge on any atom is 0.257 e. The molecule has 0 saturated carbocycles. The first kappa shape index (κ1) is 17.5. The van der Waals surface area contributed by atoms with E-state index < -0.39 is 0 Å². The third kappa shape index (κ3) is 4.13. The lowest BCUT2D eigenvalue weighted by Gasteiger charge is -2.18. The van der Waals surface area contributed by atoms with E-state index >= 15 is 0 Å². The Morgan fingerprint density at radius 1 is 1.04 bits per heavy atom. The zero-order valence-electron chi connectivity index (χ0n) is 14.4. The molecule has 0 radical (unpaired) electrons. The smallest absolute Gasteiger partial charge is 0.257 e. The molecule has 128 valence electrons. The SMILES string of the molecule is CCN(CC)c1ccc(NC(=O)c2cc(OC)cc(OC)c2)nn1. The van der Waals surface area contributed by atoms with E-state index in [1.165, 1.54) is 14.2 Å². The van der Waals surface area contributed by atoms with Crippen LogP contribution < -0.4 is 19.7 Å². The summed E-state index contributed by atoms with van der Waals surface area (Å²) in [6.45, 7) is 5.80. The molecule has 0 atom stereocenters. The second-order valence-electron chi connectivity index (χ2n) is 5.00. The number of anilines is 2. The maximum absolute atomic E-state index is 12.4. The van der Waals surface area contributed by atoms with E-state index in [4.69, 9.17) is 9.47 Å². The number of carbonyl (C=O) groups is 1. The molecule has 7 heteroatoms. The fourth-order valence-electron chi connectivity index (χ4n) is 2.24. The summed E-state index contributed by atoms with van der Waals surface area (Å²) in [5.74, 6) is 1.95. The van der Waals surface area contributed by atoms with Crippen molar-refractivity contribution in [3.8, 4) is 11.5 Å². The second-order valence-corrected chi connectivity index (χ2v) is 5.00. The van der Waals surface area contributed by atoms with Crippen LogP contribution in [0.15, 0.2) is 30.3 Å². The first-order valence-electron chi connectivity index (χ1n) is 7.74. The van der Waals surface area contributed by atoms with Gasteiger partial charge in [0.05, 0.1) is 14.2 Å². The zero-order valence-corrected chi connectivity index (χ0v) is 14.4. The molecule has 7 nitrogen and oxygen atoms in total. The van der Waals surface area contributed by atoms with Crippen LogP contribution >= 0.6 is 0 Å². The van der Waals surface area contributed by atoms with Crippen molar-refractivity contribution in [2.75, 3.05) is 37.5 Å². The molecular weight excluding hydrogens is 308 g/mol. The molecule has 1 aromatic heterocycles. The summed E-state index contributed by atoms with van der Waals surface area (Å²) in [6, 6.07) is 8.54. The van der Waals surface area contributed by atoms with Gasteiger partial charge in [-0.1, -0.05) is 0 Å². The quantitative estimate of drug-likeness (QED) is 0.841. The fourth-order valence-corrected chi connectivity index (χ4v) is 2.24. The van der Waals surface area contributed by atoms with Gasteiger partial charge in [0.2, 0.25) is 0 Å². The highest BCUT2D eigenvalue weighted by atomic mass is 16.5. The average Bonchev–Trinajstić information content (AvgIpc) is 2.63. The summed E-state index contributed by atoms with van der Waals surface area (Å²) in [4.78, 5) is 14.5. The number of hydrogen-bond acceptors (Lipinski definition) is 6. The number of carbonyl (C=O) groups excluding carboxylic acids is 1. The van der Waals surface area contributed by atoms with Crippen LogP contribution in [-0.2, 0) is 0 Å². The van der Waals surface area contributed by atoms with Gasteiger partial charge in [0.15, 0.2) is 11.6 Å². The van der Waals surface area contributed by atoms with Gasteiger partial charge in [0.25, 0.3) is 5.91 Å². The molecule has 2 rings (SSSR count). The minimum Gasteiger partial charge on any atom is -0.497 e. The molecule has 0 aliphatic heterocycles. The highest BCUT2D eigenvalue weighted by molar-refractivity contribution is 6.04. The first-order chi connectivity index (χ1) is 11.6. The van der Waals surface area contributed by atoms with Crippen LogP contribution in [-0.4, -0.2) is 43.4 Å². The monoisotopic (exact) mass is 330 g/mol. The molecule has 1 heterocycles. The summed E-state index contributed by atoms with van der Waals surface area (Å²) >= 11 is 0. The maximum atomic E-state index is 12.4. The van der Waals surface area contributed by atoms with Crippen molar-refractivity contribution in [2.24, 2.45) is 0 Å². The normalized spacial score (nSPS) is 10.2. The van der Waals surface area contributed by atoms with Crippen LogP contribution in [0.4, 0.5) is 11.6 Å². The van der Waals surface area contributed by atoms with E-state index in [2.05, 4.69) is 34.3 Å². The molecule has 0 aliphatic rings. The highest BCUT2D eigenvalue weighted by Crippen LogP contribution is 2.23. The van der Waals surface area contributed by atoms with Crippen molar-refractivity contribution >= 4 is 17.5 Å². The Kier molecular flexibility index (Phi) is 5.95. The highest BCUT2D eigenvalue weighted by Gasteiger charge is 2.12. The van der Waals surface area contributed by atoms with E-state index in [9.17, 15) is 4.79 Å². The van der Waals surface area contributed by atoms with E-state index in [1.807, 2.05) is 6.07 Å². The minimum absolute atomic E-state index is 0.308. The Labute approximate surface area is 141 Å². The molecule has 1 N–H and O–H groups in total. The number of nitrogens with one attached hydrogen (secondary N) is 1. The molecule has 0 unspecified atom stereocenters. The summed E-state index contributed by atoms with van der Waals surface area (Å²) in [7, 11) is 3.07. The summed E-state index contributed by atoms with van der Waals surface area (Å²) < 4.78 is 10.3. The molecule has 0 saturated heterocycles. The van der Waals surface area contributed by atoms with Crippen LogP contribution in [0.1, 0.15) is 24.2 Å². The van der Waals surface area contributed by atoms with E-state index in [1.54, 1.807) is 24.3 Å². The number of amides is 1. The molecule has 2 aromatic rings. The minimum atomic E-state index is -0.308. The van der Waals surface area contributed by atoms with Gasteiger partial charge < -0.3 is 19.7 Å². The zero-order chi connectivity index (χ0) is 17.5. The van der Waals surface area contributed by atoms with Crippen LogP contribution in [0.3, 0.4) is 0 Å². The number of nitrogens with zero attached hydrogens (tertiary/aromatic N) is 3. The number of methoxy groups -OCH3 is 2.